The summed E-state index contributed by atoms with van der Waals surface area (Å²) >= 11 is 0. The molecule has 0 bridgehead atoms. The van der Waals surface area contributed by atoms with Gasteiger partial charge in [0.25, 0.3) is 5.91 Å². The zero-order valence-electron chi connectivity index (χ0n) is 19.1. The highest BCUT2D eigenvalue weighted by molar-refractivity contribution is 5.99. The van der Waals surface area contributed by atoms with Crippen LogP contribution in [0.15, 0.2) is 36.5 Å². The Morgan fingerprint density at radius 2 is 2.09 bits per heavy atom. The molecule has 2 aliphatic heterocycles. The number of anilines is 1. The number of hydrogen-bond acceptors (Lipinski definition) is 6. The van der Waals surface area contributed by atoms with E-state index in [0.29, 0.717) is 49.0 Å². The number of rotatable bonds is 5. The molecule has 10 heteroatoms. The third-order valence-corrected chi connectivity index (χ3v) is 6.59. The fraction of sp³-hybridized carbons (Fsp3) is 0.400. The summed E-state index contributed by atoms with van der Waals surface area (Å²) in [6, 6.07) is 7.55. The SMILES string of the molecule is C[C@H]1OCc2c1c(N)nc1ccc(C(=O)N(Cc3ccc(C(F)(F)F)cn3)C[C@@H]3CCOC3)cc21. The summed E-state index contributed by atoms with van der Waals surface area (Å²) < 4.78 is 50.0. The molecule has 0 unspecified atom stereocenters. The molecule has 2 N–H and O–H groups in total. The van der Waals surface area contributed by atoms with Gasteiger partial charge in [0.2, 0.25) is 0 Å². The summed E-state index contributed by atoms with van der Waals surface area (Å²) in [5.74, 6) is 0.333. The van der Waals surface area contributed by atoms with E-state index in [2.05, 4.69) is 9.97 Å². The molecule has 1 aromatic carbocycles. The molecular weight excluding hydrogens is 461 g/mol. The fourth-order valence-electron chi connectivity index (χ4n) is 4.72. The summed E-state index contributed by atoms with van der Waals surface area (Å²) in [6.45, 7) is 3.96. The monoisotopic (exact) mass is 486 g/mol. The highest BCUT2D eigenvalue weighted by Gasteiger charge is 2.31. The van der Waals surface area contributed by atoms with Crippen LogP contribution in [0.4, 0.5) is 19.0 Å². The van der Waals surface area contributed by atoms with Crippen LogP contribution in [-0.4, -0.2) is 40.5 Å². The summed E-state index contributed by atoms with van der Waals surface area (Å²) in [5, 5.41) is 0.807. The summed E-state index contributed by atoms with van der Waals surface area (Å²) in [6.07, 6.45) is -3.03. The largest absolute Gasteiger partial charge is 0.417 e. The predicted octanol–water partition coefficient (Wildman–Crippen LogP) is 4.50. The van der Waals surface area contributed by atoms with Crippen LogP contribution in [0.5, 0.6) is 0 Å². The lowest BCUT2D eigenvalue weighted by Gasteiger charge is -2.25. The zero-order valence-corrected chi connectivity index (χ0v) is 19.1. The van der Waals surface area contributed by atoms with E-state index >= 15 is 0 Å². The van der Waals surface area contributed by atoms with E-state index in [0.717, 1.165) is 35.2 Å². The first-order valence-electron chi connectivity index (χ1n) is 11.4. The van der Waals surface area contributed by atoms with Gasteiger partial charge in [-0.15, -0.1) is 0 Å². The molecule has 5 rings (SSSR count). The normalized spacial score (nSPS) is 19.8. The van der Waals surface area contributed by atoms with Crippen molar-refractivity contribution in [3.63, 3.8) is 0 Å². The van der Waals surface area contributed by atoms with E-state index in [1.807, 2.05) is 6.92 Å². The molecule has 0 radical (unpaired) electrons. The van der Waals surface area contributed by atoms with Crippen molar-refractivity contribution in [1.29, 1.82) is 0 Å². The maximum Gasteiger partial charge on any atom is 0.417 e. The van der Waals surface area contributed by atoms with Crippen LogP contribution >= 0.6 is 0 Å². The van der Waals surface area contributed by atoms with Crippen molar-refractivity contribution in [2.24, 2.45) is 5.92 Å². The van der Waals surface area contributed by atoms with Gasteiger partial charge >= 0.3 is 6.18 Å². The number of aromatic nitrogens is 2. The Balaban J connectivity index is 1.46. The number of benzene rings is 1. The molecule has 0 aliphatic carbocycles. The Morgan fingerprint density at radius 3 is 2.77 bits per heavy atom. The molecule has 2 aromatic heterocycles. The van der Waals surface area contributed by atoms with E-state index in [9.17, 15) is 18.0 Å². The average Bonchev–Trinajstić information content (AvgIpc) is 3.48. The minimum atomic E-state index is -4.47. The van der Waals surface area contributed by atoms with E-state index < -0.39 is 11.7 Å². The molecule has 2 aliphatic rings. The lowest BCUT2D eigenvalue weighted by Crippen LogP contribution is -2.35. The smallest absolute Gasteiger partial charge is 0.383 e. The molecule has 0 spiro atoms. The minimum Gasteiger partial charge on any atom is -0.383 e. The van der Waals surface area contributed by atoms with Crippen molar-refractivity contribution in [2.75, 3.05) is 25.5 Å². The number of fused-ring (bicyclic) bond motifs is 3. The molecule has 35 heavy (non-hydrogen) atoms. The van der Waals surface area contributed by atoms with Crippen LogP contribution in [0.3, 0.4) is 0 Å². The molecule has 1 fully saturated rings. The molecule has 7 nitrogen and oxygen atoms in total. The Hall–Kier alpha value is -3.24. The second-order valence-electron chi connectivity index (χ2n) is 9.03. The molecule has 1 saturated heterocycles. The quantitative estimate of drug-likeness (QED) is 0.571. The van der Waals surface area contributed by atoms with Crippen molar-refractivity contribution in [1.82, 2.24) is 14.9 Å². The molecule has 0 saturated carbocycles. The average molecular weight is 486 g/mol. The molecule has 3 aromatic rings. The number of amides is 1. The van der Waals surface area contributed by atoms with Crippen LogP contribution in [-0.2, 0) is 28.8 Å². The van der Waals surface area contributed by atoms with Gasteiger partial charge in [-0.25, -0.2) is 4.98 Å². The summed E-state index contributed by atoms with van der Waals surface area (Å²) in [5.41, 5.74) is 8.59. The molecule has 2 atom stereocenters. The van der Waals surface area contributed by atoms with Crippen molar-refractivity contribution < 1.29 is 27.4 Å². The molecule has 184 valence electrons. The standard InChI is InChI=1S/C25H25F3N4O3/c1-14-22-20(13-35-14)19-8-16(2-5-21(19)31-23(22)29)24(33)32(10-15-6-7-34-12-15)11-18-4-3-17(9-30-18)25(26,27)28/h2-5,8-9,14-15H,6-7,10-13H2,1H3,(H2,29,31)/t14-,15+/m1/s1. The van der Waals surface area contributed by atoms with E-state index in [-0.39, 0.29) is 24.5 Å². The second kappa shape index (κ2) is 9.09. The van der Waals surface area contributed by atoms with Crippen LogP contribution in [0.2, 0.25) is 0 Å². The Labute approximate surface area is 200 Å². The maximum atomic E-state index is 13.6. The number of ether oxygens (including phenoxy) is 2. The number of alkyl halides is 3. The Kier molecular flexibility index (Phi) is 6.10. The number of carbonyl (C=O) groups is 1. The number of nitrogens with two attached hydrogens (primary N) is 1. The highest BCUT2D eigenvalue weighted by atomic mass is 19.4. The maximum absolute atomic E-state index is 13.6. The first-order valence-corrected chi connectivity index (χ1v) is 11.4. The summed E-state index contributed by atoms with van der Waals surface area (Å²) in [7, 11) is 0. The second-order valence-corrected chi connectivity index (χ2v) is 9.03. The van der Waals surface area contributed by atoms with Gasteiger partial charge in [0.1, 0.15) is 5.82 Å². The molecular formula is C25H25F3N4O3. The fourth-order valence-corrected chi connectivity index (χ4v) is 4.72. The van der Waals surface area contributed by atoms with Gasteiger partial charge in [-0.1, -0.05) is 0 Å². The van der Waals surface area contributed by atoms with E-state index in [1.54, 1.807) is 23.1 Å². The van der Waals surface area contributed by atoms with Crippen LogP contribution in [0.25, 0.3) is 10.9 Å². The minimum absolute atomic E-state index is 0.0871. The van der Waals surface area contributed by atoms with Crippen molar-refractivity contribution in [2.45, 2.75) is 38.8 Å². The van der Waals surface area contributed by atoms with Crippen LogP contribution in [0, 0.1) is 5.92 Å². The number of nitrogens with zero attached hydrogens (tertiary/aromatic N) is 3. The lowest BCUT2D eigenvalue weighted by atomic mass is 9.99. The van der Waals surface area contributed by atoms with Gasteiger partial charge in [0.15, 0.2) is 0 Å². The van der Waals surface area contributed by atoms with Crippen LogP contribution < -0.4 is 5.73 Å². The Bertz CT molecular complexity index is 1260. The Morgan fingerprint density at radius 1 is 1.26 bits per heavy atom. The topological polar surface area (TPSA) is 90.6 Å². The number of carbonyl (C=O) groups excluding carboxylic acids is 1. The summed E-state index contributed by atoms with van der Waals surface area (Å²) in [4.78, 5) is 23.7. The molecule has 1 amide bonds. The third-order valence-electron chi connectivity index (χ3n) is 6.59. The van der Waals surface area contributed by atoms with Gasteiger partial charge in [-0.2, -0.15) is 13.2 Å². The van der Waals surface area contributed by atoms with Gasteiger partial charge in [-0.05, 0) is 49.2 Å². The molecule has 4 heterocycles. The zero-order chi connectivity index (χ0) is 24.7. The lowest BCUT2D eigenvalue weighted by molar-refractivity contribution is -0.137. The van der Waals surface area contributed by atoms with Crippen molar-refractivity contribution in [3.8, 4) is 0 Å². The van der Waals surface area contributed by atoms with Crippen molar-refractivity contribution in [3.05, 3.63) is 64.5 Å². The number of pyridine rings is 2. The first kappa shape index (κ1) is 23.5. The predicted molar refractivity (Wildman–Crippen MR) is 122 cm³/mol. The van der Waals surface area contributed by atoms with Gasteiger partial charge in [0.05, 0.1) is 42.6 Å². The van der Waals surface area contributed by atoms with Gasteiger partial charge in [-0.3, -0.25) is 9.78 Å². The third kappa shape index (κ3) is 4.68. The highest BCUT2D eigenvalue weighted by Crippen LogP contribution is 2.38. The van der Waals surface area contributed by atoms with Crippen LogP contribution in [0.1, 0.15) is 52.2 Å². The number of halogens is 3. The number of nitrogen functional groups attached to an aromatic ring is 1. The van der Waals surface area contributed by atoms with Gasteiger partial charge in [0, 0.05) is 41.8 Å². The van der Waals surface area contributed by atoms with E-state index in [1.165, 1.54) is 6.07 Å². The first-order chi connectivity index (χ1) is 16.7. The van der Waals surface area contributed by atoms with Gasteiger partial charge < -0.3 is 20.1 Å². The van der Waals surface area contributed by atoms with Crippen molar-refractivity contribution >= 4 is 22.6 Å². The van der Waals surface area contributed by atoms with E-state index in [4.69, 9.17) is 15.2 Å². The number of hydrogen-bond donors (Lipinski definition) is 1.